The summed E-state index contributed by atoms with van der Waals surface area (Å²) in [6, 6.07) is 7.02. The van der Waals surface area contributed by atoms with Crippen LogP contribution in [0.3, 0.4) is 0 Å². The molecule has 4 unspecified atom stereocenters. The van der Waals surface area contributed by atoms with Gasteiger partial charge in [-0.25, -0.2) is 0 Å². The van der Waals surface area contributed by atoms with Crippen molar-refractivity contribution in [3.05, 3.63) is 34.4 Å². The molecular weight excluding hydrogens is 791 g/mol. The molecule has 2 rings (SSSR count). The number of carbonyl (C=O) groups is 1. The number of ether oxygens (including phenoxy) is 3. The Morgan fingerprint density at radius 3 is 1.49 bits per heavy atom. The second-order valence-electron chi connectivity index (χ2n) is 17.7. The quantitative estimate of drug-likeness (QED) is 0.0406. The number of nitro groups is 1. The molecular formula is C52H89N5O6. The minimum Gasteiger partial charge on any atom is -0.491 e. The van der Waals surface area contributed by atoms with Crippen molar-refractivity contribution in [3.63, 3.8) is 0 Å². The normalized spacial score (nSPS) is 13.4. The molecule has 0 aromatic heterocycles. The first kappa shape index (κ1) is 55.2. The molecule has 0 spiro atoms. The molecule has 0 heterocycles. The number of amides is 1. The van der Waals surface area contributed by atoms with Crippen LogP contribution in [0.2, 0.25) is 0 Å². The lowest BCUT2D eigenvalue weighted by atomic mass is 9.98. The van der Waals surface area contributed by atoms with Gasteiger partial charge in [0.05, 0.1) is 42.2 Å². The van der Waals surface area contributed by atoms with E-state index in [2.05, 4.69) is 79.5 Å². The number of benzene rings is 2. The summed E-state index contributed by atoms with van der Waals surface area (Å²) >= 11 is 0. The number of unbranched alkanes of at least 4 members (excludes halogenated alkanes) is 6. The van der Waals surface area contributed by atoms with Crippen LogP contribution < -0.4 is 24.4 Å². The minimum atomic E-state index is -0.407. The fraction of sp³-hybridized carbons (Fsp3) is 0.750. The van der Waals surface area contributed by atoms with E-state index in [0.717, 1.165) is 147 Å². The molecule has 0 bridgehead atoms. The van der Waals surface area contributed by atoms with Crippen LogP contribution in [0.15, 0.2) is 34.5 Å². The summed E-state index contributed by atoms with van der Waals surface area (Å²) in [5, 5.41) is 25.6. The summed E-state index contributed by atoms with van der Waals surface area (Å²) in [6.45, 7) is 24.8. The van der Waals surface area contributed by atoms with Crippen molar-refractivity contribution < 1.29 is 23.9 Å². The summed E-state index contributed by atoms with van der Waals surface area (Å²) in [4.78, 5) is 28.7. The summed E-state index contributed by atoms with van der Waals surface area (Å²) < 4.78 is 19.5. The van der Waals surface area contributed by atoms with Gasteiger partial charge in [0.1, 0.15) is 17.1 Å². The third kappa shape index (κ3) is 19.8. The van der Waals surface area contributed by atoms with Gasteiger partial charge in [-0.1, -0.05) is 153 Å². The number of nitrogens with zero attached hydrogens (tertiary/aromatic N) is 4. The molecule has 0 aliphatic carbocycles. The Kier molecular flexibility index (Phi) is 28.7. The number of nitrogens with one attached hydrogen (secondary N) is 1. The second kappa shape index (κ2) is 32.7. The van der Waals surface area contributed by atoms with Gasteiger partial charge in [0.25, 0.3) is 0 Å². The van der Waals surface area contributed by atoms with Crippen molar-refractivity contribution in [3.8, 4) is 17.2 Å². The van der Waals surface area contributed by atoms with E-state index >= 15 is 0 Å². The largest absolute Gasteiger partial charge is 0.491 e. The highest BCUT2D eigenvalue weighted by Crippen LogP contribution is 2.44. The Labute approximate surface area is 383 Å². The number of anilines is 2. The lowest BCUT2D eigenvalue weighted by Crippen LogP contribution is -2.27. The Morgan fingerprint density at radius 1 is 0.587 bits per heavy atom. The van der Waals surface area contributed by atoms with Crippen molar-refractivity contribution in [1.82, 2.24) is 0 Å². The average Bonchev–Trinajstić information content (AvgIpc) is 3.29. The zero-order valence-corrected chi connectivity index (χ0v) is 41.5. The molecule has 2 aromatic rings. The summed E-state index contributed by atoms with van der Waals surface area (Å²) in [6.07, 6.45) is 20.2. The van der Waals surface area contributed by atoms with E-state index in [1.54, 1.807) is 6.07 Å². The van der Waals surface area contributed by atoms with E-state index in [1.807, 2.05) is 12.1 Å². The van der Waals surface area contributed by atoms with Crippen molar-refractivity contribution in [1.29, 1.82) is 0 Å². The fourth-order valence-corrected chi connectivity index (χ4v) is 7.78. The van der Waals surface area contributed by atoms with Gasteiger partial charge < -0.3 is 24.4 Å². The molecule has 11 nitrogen and oxygen atoms in total. The zero-order valence-electron chi connectivity index (χ0n) is 41.5. The molecule has 1 amide bonds. The van der Waals surface area contributed by atoms with Gasteiger partial charge in [0.15, 0.2) is 11.5 Å². The molecule has 0 radical (unpaired) electrons. The highest BCUT2D eigenvalue weighted by Gasteiger charge is 2.25. The smallest absolute Gasteiger partial charge is 0.314 e. The van der Waals surface area contributed by atoms with E-state index in [1.165, 1.54) is 6.07 Å². The maximum Gasteiger partial charge on any atom is 0.314 e. The second-order valence-corrected chi connectivity index (χ2v) is 17.7. The maximum absolute atomic E-state index is 14.1. The summed E-state index contributed by atoms with van der Waals surface area (Å²) in [7, 11) is 0. The molecule has 2 aromatic carbocycles. The molecule has 0 aliphatic rings. The zero-order chi connectivity index (χ0) is 46.4. The van der Waals surface area contributed by atoms with Crippen LogP contribution in [0.25, 0.3) is 0 Å². The third-order valence-corrected chi connectivity index (χ3v) is 12.6. The number of hydrogen-bond donors (Lipinski definition) is 1. The van der Waals surface area contributed by atoms with E-state index in [-0.39, 0.29) is 40.8 Å². The lowest BCUT2D eigenvalue weighted by Gasteiger charge is -2.29. The molecule has 358 valence electrons. The van der Waals surface area contributed by atoms with Crippen LogP contribution in [-0.4, -0.2) is 43.7 Å². The first-order valence-corrected chi connectivity index (χ1v) is 25.4. The van der Waals surface area contributed by atoms with E-state index in [4.69, 9.17) is 24.4 Å². The van der Waals surface area contributed by atoms with Gasteiger partial charge >= 0.3 is 5.69 Å². The first-order valence-electron chi connectivity index (χ1n) is 25.4. The molecule has 4 atom stereocenters. The predicted molar refractivity (Wildman–Crippen MR) is 264 cm³/mol. The van der Waals surface area contributed by atoms with Gasteiger partial charge in [0, 0.05) is 31.1 Å². The summed E-state index contributed by atoms with van der Waals surface area (Å²) in [5.74, 6) is 1.91. The van der Waals surface area contributed by atoms with Gasteiger partial charge in [-0.05, 0) is 68.8 Å². The fourth-order valence-electron chi connectivity index (χ4n) is 7.78. The van der Waals surface area contributed by atoms with Crippen LogP contribution in [0.1, 0.15) is 198 Å². The van der Waals surface area contributed by atoms with Gasteiger partial charge in [-0.15, -0.1) is 10.2 Å². The molecule has 0 saturated heterocycles. The molecule has 0 aliphatic heterocycles. The van der Waals surface area contributed by atoms with Crippen molar-refractivity contribution >= 4 is 34.3 Å². The SMILES string of the molecule is CCCCC(CC)COc1cc([N+](=O)[O-])c(OCC(CC)CCCC)cc1/N=N/c1cc(OCC(CC)CCCC)c(N(CCCC)CCCC)cc1NC(=O)C(CC)CCCC. The van der Waals surface area contributed by atoms with Gasteiger partial charge in [-0.3, -0.25) is 14.9 Å². The Balaban J connectivity index is 2.94. The molecule has 0 fully saturated rings. The van der Waals surface area contributed by atoms with E-state index in [0.29, 0.717) is 48.6 Å². The minimum absolute atomic E-state index is 0.0393. The first-order chi connectivity index (χ1) is 30.6. The maximum atomic E-state index is 14.1. The average molecular weight is 880 g/mol. The number of hydrogen-bond acceptors (Lipinski definition) is 9. The highest BCUT2D eigenvalue weighted by atomic mass is 16.6. The van der Waals surface area contributed by atoms with Crippen LogP contribution in [-0.2, 0) is 4.79 Å². The number of rotatable bonds is 37. The number of azo groups is 1. The standard InChI is InChI=1S/C52H89N5O6/c1-11-21-27-40(17-7)37-61-49-36-48(57(59)60)51(63-39-42(19-9)29-23-13-3)35-46(49)55-54-45-34-50(62-38-41(18-8)28-22-12-2)47(56(31-25-15-5)32-26-16-6)33-44(45)53-52(58)43(20-10)30-24-14-4/h33-36,40-43H,11-32,37-39H2,1-10H3,(H,53,58)/b55-54+. The summed E-state index contributed by atoms with van der Waals surface area (Å²) in [5.41, 5.74) is 2.13. The van der Waals surface area contributed by atoms with Crippen molar-refractivity contribution in [2.75, 3.05) is 43.1 Å². The van der Waals surface area contributed by atoms with Crippen molar-refractivity contribution in [2.24, 2.45) is 33.9 Å². The molecule has 11 heteroatoms. The molecule has 63 heavy (non-hydrogen) atoms. The third-order valence-electron chi connectivity index (χ3n) is 12.6. The Hall–Kier alpha value is -3.89. The molecule has 1 N–H and O–H groups in total. The number of carbonyl (C=O) groups excluding carboxylic acids is 1. The van der Waals surface area contributed by atoms with Crippen LogP contribution in [0, 0.1) is 33.8 Å². The van der Waals surface area contributed by atoms with E-state index < -0.39 is 4.92 Å². The van der Waals surface area contributed by atoms with Gasteiger partial charge in [0.2, 0.25) is 5.91 Å². The Morgan fingerprint density at radius 2 is 1.03 bits per heavy atom. The van der Waals surface area contributed by atoms with E-state index in [9.17, 15) is 14.9 Å². The predicted octanol–water partition coefficient (Wildman–Crippen LogP) is 16.4. The highest BCUT2D eigenvalue weighted by molar-refractivity contribution is 5.96. The van der Waals surface area contributed by atoms with Gasteiger partial charge in [-0.2, -0.15) is 0 Å². The molecule has 0 saturated carbocycles. The van der Waals surface area contributed by atoms with Crippen LogP contribution in [0.5, 0.6) is 17.2 Å². The van der Waals surface area contributed by atoms with Crippen LogP contribution >= 0.6 is 0 Å². The van der Waals surface area contributed by atoms with Crippen LogP contribution in [0.4, 0.5) is 28.4 Å². The topological polar surface area (TPSA) is 128 Å². The van der Waals surface area contributed by atoms with Crippen molar-refractivity contribution in [2.45, 2.75) is 198 Å². The number of nitro benzene ring substituents is 1. The lowest BCUT2D eigenvalue weighted by molar-refractivity contribution is -0.386. The monoisotopic (exact) mass is 880 g/mol. The Bertz CT molecular complexity index is 1590.